The van der Waals surface area contributed by atoms with Gasteiger partial charge in [-0.1, -0.05) is 56.3 Å². The van der Waals surface area contributed by atoms with E-state index in [0.717, 1.165) is 28.6 Å². The SMILES string of the molecule is Cc1cn2c3c(=O)n(Cc4cccc5ccccc45)c(=O)n(C)c3nc2n1CC(C)C. The smallest absolute Gasteiger partial charge is 0.314 e. The summed E-state index contributed by atoms with van der Waals surface area (Å²) < 4.78 is 6.72. The maximum absolute atomic E-state index is 13.5. The van der Waals surface area contributed by atoms with Crippen molar-refractivity contribution in [1.82, 2.24) is 23.1 Å². The van der Waals surface area contributed by atoms with E-state index in [9.17, 15) is 9.59 Å². The van der Waals surface area contributed by atoms with Gasteiger partial charge in [-0.3, -0.25) is 18.3 Å². The summed E-state index contributed by atoms with van der Waals surface area (Å²) in [5.41, 5.74) is 2.14. The number of benzene rings is 2. The Morgan fingerprint density at radius 1 is 1.00 bits per heavy atom. The third-order valence-electron chi connectivity index (χ3n) is 5.90. The Labute approximate surface area is 178 Å². The van der Waals surface area contributed by atoms with Crippen LogP contribution in [0.5, 0.6) is 0 Å². The van der Waals surface area contributed by atoms with E-state index >= 15 is 0 Å². The molecule has 7 heteroatoms. The van der Waals surface area contributed by atoms with Crippen LogP contribution < -0.4 is 11.2 Å². The summed E-state index contributed by atoms with van der Waals surface area (Å²) in [5, 5.41) is 2.12. The predicted octanol–water partition coefficient (Wildman–Crippen LogP) is 3.32. The summed E-state index contributed by atoms with van der Waals surface area (Å²) in [6.45, 7) is 7.31. The normalized spacial score (nSPS) is 12.0. The Bertz CT molecular complexity index is 1570. The van der Waals surface area contributed by atoms with E-state index in [-0.39, 0.29) is 17.8 Å². The second-order valence-corrected chi connectivity index (χ2v) is 8.60. The number of rotatable bonds is 4. The van der Waals surface area contributed by atoms with Crippen molar-refractivity contribution in [3.05, 3.63) is 80.8 Å². The van der Waals surface area contributed by atoms with Gasteiger partial charge >= 0.3 is 5.69 Å². The third-order valence-corrected chi connectivity index (χ3v) is 5.90. The lowest BCUT2D eigenvalue weighted by molar-refractivity contribution is 0.524. The molecule has 158 valence electrons. The fourth-order valence-corrected chi connectivity index (χ4v) is 4.39. The lowest BCUT2D eigenvalue weighted by Crippen LogP contribution is -2.39. The maximum atomic E-state index is 13.5. The molecule has 0 unspecified atom stereocenters. The fraction of sp³-hybridized carbons (Fsp3) is 0.292. The molecular weight excluding hydrogens is 390 g/mol. The van der Waals surface area contributed by atoms with Gasteiger partial charge in [-0.05, 0) is 29.2 Å². The number of hydrogen-bond donors (Lipinski definition) is 0. The first-order valence-electron chi connectivity index (χ1n) is 10.5. The van der Waals surface area contributed by atoms with Crippen LogP contribution in [0, 0.1) is 12.8 Å². The molecule has 0 amide bonds. The molecule has 2 aromatic carbocycles. The average molecular weight is 415 g/mol. The molecule has 0 radical (unpaired) electrons. The Kier molecular flexibility index (Phi) is 4.36. The second kappa shape index (κ2) is 6.97. The highest BCUT2D eigenvalue weighted by Crippen LogP contribution is 2.20. The van der Waals surface area contributed by atoms with Crippen LogP contribution in [0.3, 0.4) is 0 Å². The molecule has 7 nitrogen and oxygen atoms in total. The third kappa shape index (κ3) is 2.91. The van der Waals surface area contributed by atoms with Crippen LogP contribution in [-0.2, 0) is 20.1 Å². The molecule has 0 atom stereocenters. The number of hydrogen-bond acceptors (Lipinski definition) is 3. The van der Waals surface area contributed by atoms with Crippen molar-refractivity contribution in [2.24, 2.45) is 13.0 Å². The molecule has 0 fully saturated rings. The zero-order valence-corrected chi connectivity index (χ0v) is 18.2. The maximum Gasteiger partial charge on any atom is 0.332 e. The fourth-order valence-electron chi connectivity index (χ4n) is 4.39. The standard InChI is InChI=1S/C24H25N5O2/c1-15(2)12-27-16(3)13-28-20-21(25-23(27)28)26(4)24(31)29(22(20)30)14-18-10-7-9-17-8-5-6-11-19(17)18/h5-11,13,15H,12,14H2,1-4H3. The van der Waals surface area contributed by atoms with E-state index in [1.807, 2.05) is 60.0 Å². The molecule has 0 aliphatic heterocycles. The zero-order chi connectivity index (χ0) is 21.9. The lowest BCUT2D eigenvalue weighted by atomic mass is 10.0. The van der Waals surface area contributed by atoms with Crippen LogP contribution in [0.25, 0.3) is 27.7 Å². The summed E-state index contributed by atoms with van der Waals surface area (Å²) in [6.07, 6.45) is 1.93. The molecule has 0 aliphatic rings. The van der Waals surface area contributed by atoms with Gasteiger partial charge in [-0.25, -0.2) is 4.79 Å². The van der Waals surface area contributed by atoms with E-state index in [1.165, 1.54) is 9.13 Å². The summed E-state index contributed by atoms with van der Waals surface area (Å²) in [6, 6.07) is 14.0. The summed E-state index contributed by atoms with van der Waals surface area (Å²) in [7, 11) is 1.68. The molecule has 0 spiro atoms. The molecule has 0 N–H and O–H groups in total. The van der Waals surface area contributed by atoms with E-state index in [1.54, 1.807) is 7.05 Å². The molecule has 0 saturated heterocycles. The monoisotopic (exact) mass is 415 g/mol. The predicted molar refractivity (Wildman–Crippen MR) is 123 cm³/mol. The van der Waals surface area contributed by atoms with Crippen LogP contribution in [0.15, 0.2) is 58.3 Å². The molecular formula is C24H25N5O2. The van der Waals surface area contributed by atoms with Crippen molar-refractivity contribution < 1.29 is 0 Å². The lowest BCUT2D eigenvalue weighted by Gasteiger charge is -2.10. The molecule has 5 aromatic rings. The van der Waals surface area contributed by atoms with Gasteiger partial charge in [0.1, 0.15) is 0 Å². The van der Waals surface area contributed by atoms with E-state index in [4.69, 9.17) is 0 Å². The molecule has 0 aliphatic carbocycles. The molecule has 0 bridgehead atoms. The zero-order valence-electron chi connectivity index (χ0n) is 18.2. The van der Waals surface area contributed by atoms with Gasteiger partial charge in [0, 0.05) is 25.5 Å². The van der Waals surface area contributed by atoms with Gasteiger partial charge in [0.2, 0.25) is 5.78 Å². The van der Waals surface area contributed by atoms with Crippen molar-refractivity contribution in [1.29, 1.82) is 0 Å². The van der Waals surface area contributed by atoms with Crippen molar-refractivity contribution in [2.75, 3.05) is 0 Å². The molecule has 3 aromatic heterocycles. The summed E-state index contributed by atoms with van der Waals surface area (Å²) in [5.74, 6) is 1.12. The number of fused-ring (bicyclic) bond motifs is 4. The number of imidazole rings is 2. The first-order chi connectivity index (χ1) is 14.9. The quantitative estimate of drug-likeness (QED) is 0.452. The van der Waals surface area contributed by atoms with Gasteiger partial charge in [0.25, 0.3) is 5.56 Å². The number of nitrogens with zero attached hydrogens (tertiary/aromatic N) is 5. The molecule has 5 rings (SSSR count). The minimum Gasteiger partial charge on any atom is -0.314 e. The van der Waals surface area contributed by atoms with Crippen molar-refractivity contribution >= 4 is 27.7 Å². The van der Waals surface area contributed by atoms with Crippen molar-refractivity contribution in [2.45, 2.75) is 33.9 Å². The van der Waals surface area contributed by atoms with Crippen LogP contribution in [0.4, 0.5) is 0 Å². The van der Waals surface area contributed by atoms with E-state index in [2.05, 4.69) is 23.4 Å². The van der Waals surface area contributed by atoms with Crippen molar-refractivity contribution in [3.8, 4) is 0 Å². The van der Waals surface area contributed by atoms with Crippen LogP contribution in [-0.4, -0.2) is 23.1 Å². The Balaban J connectivity index is 1.77. The Morgan fingerprint density at radius 2 is 1.74 bits per heavy atom. The molecule has 3 heterocycles. The highest BCUT2D eigenvalue weighted by atomic mass is 16.2. The topological polar surface area (TPSA) is 66.2 Å². The number of aromatic nitrogens is 5. The summed E-state index contributed by atoms with van der Waals surface area (Å²) >= 11 is 0. The molecule has 0 saturated carbocycles. The highest BCUT2D eigenvalue weighted by molar-refractivity contribution is 5.85. The van der Waals surface area contributed by atoms with Crippen LogP contribution in [0.1, 0.15) is 25.1 Å². The number of aryl methyl sites for hydroxylation is 2. The van der Waals surface area contributed by atoms with Gasteiger partial charge in [0.15, 0.2) is 11.2 Å². The highest BCUT2D eigenvalue weighted by Gasteiger charge is 2.20. The van der Waals surface area contributed by atoms with Crippen LogP contribution >= 0.6 is 0 Å². The van der Waals surface area contributed by atoms with Gasteiger partial charge in [0.05, 0.1) is 6.54 Å². The van der Waals surface area contributed by atoms with Gasteiger partial charge in [-0.15, -0.1) is 0 Å². The first-order valence-corrected chi connectivity index (χ1v) is 10.5. The van der Waals surface area contributed by atoms with E-state index in [0.29, 0.717) is 22.9 Å². The van der Waals surface area contributed by atoms with Crippen molar-refractivity contribution in [3.63, 3.8) is 0 Å². The van der Waals surface area contributed by atoms with Crippen LogP contribution in [0.2, 0.25) is 0 Å². The second-order valence-electron chi connectivity index (χ2n) is 8.60. The summed E-state index contributed by atoms with van der Waals surface area (Å²) in [4.78, 5) is 31.4. The minimum atomic E-state index is -0.363. The molecule has 31 heavy (non-hydrogen) atoms. The Hall–Kier alpha value is -3.61. The first kappa shape index (κ1) is 19.4. The largest absolute Gasteiger partial charge is 0.332 e. The van der Waals surface area contributed by atoms with Gasteiger partial charge in [-0.2, -0.15) is 4.98 Å². The minimum absolute atomic E-state index is 0.210. The Morgan fingerprint density at radius 3 is 2.52 bits per heavy atom. The van der Waals surface area contributed by atoms with E-state index < -0.39 is 0 Å². The van der Waals surface area contributed by atoms with Gasteiger partial charge < -0.3 is 4.57 Å². The average Bonchev–Trinajstić information content (AvgIpc) is 3.25.